The molecule has 0 saturated carbocycles. The molecule has 5 rings (SSSR count). The van der Waals surface area contributed by atoms with E-state index in [1.54, 1.807) is 73.2 Å². The van der Waals surface area contributed by atoms with Crippen molar-refractivity contribution in [3.8, 4) is 28.8 Å². The lowest BCUT2D eigenvalue weighted by Crippen LogP contribution is -2.25. The normalized spacial score (nSPS) is 11.4. The SMILES string of the molecule is CCOc1ccc(S(=O)(=O)Nn2c(-c3ccccn3)nnc2-c2ccccn2)c2cccnc12. The fourth-order valence-corrected chi connectivity index (χ4v) is 4.70. The van der Waals surface area contributed by atoms with E-state index in [1.807, 2.05) is 6.92 Å². The number of nitrogens with one attached hydrogen (secondary N) is 1. The first-order valence-corrected chi connectivity index (χ1v) is 11.9. The van der Waals surface area contributed by atoms with E-state index >= 15 is 0 Å². The summed E-state index contributed by atoms with van der Waals surface area (Å²) in [6.07, 6.45) is 4.77. The molecule has 0 atom stereocenters. The number of benzene rings is 1. The Morgan fingerprint density at radius 3 is 2.06 bits per heavy atom. The van der Waals surface area contributed by atoms with Gasteiger partial charge >= 0.3 is 0 Å². The summed E-state index contributed by atoms with van der Waals surface area (Å²) in [5.41, 5.74) is 1.34. The number of ether oxygens (including phenoxy) is 1. The lowest BCUT2D eigenvalue weighted by molar-refractivity contribution is 0.343. The molecule has 0 fully saturated rings. The molecule has 5 aromatic rings. The minimum absolute atomic E-state index is 0.0340. The molecule has 0 unspecified atom stereocenters. The Hall–Kier alpha value is -4.38. The molecular formula is C23H19N7O3S. The van der Waals surface area contributed by atoms with Crippen LogP contribution >= 0.6 is 0 Å². The van der Waals surface area contributed by atoms with Crippen molar-refractivity contribution in [2.24, 2.45) is 0 Å². The van der Waals surface area contributed by atoms with Crippen molar-refractivity contribution in [3.63, 3.8) is 0 Å². The summed E-state index contributed by atoms with van der Waals surface area (Å²) in [5.74, 6) is 0.945. The van der Waals surface area contributed by atoms with Gasteiger partial charge in [-0.05, 0) is 55.5 Å². The highest BCUT2D eigenvalue weighted by Gasteiger charge is 2.25. The van der Waals surface area contributed by atoms with Crippen LogP contribution in [0.5, 0.6) is 5.75 Å². The maximum atomic E-state index is 13.7. The van der Waals surface area contributed by atoms with Crippen LogP contribution in [0.3, 0.4) is 0 Å². The van der Waals surface area contributed by atoms with Gasteiger partial charge in [0.1, 0.15) is 22.7 Å². The predicted molar refractivity (Wildman–Crippen MR) is 126 cm³/mol. The van der Waals surface area contributed by atoms with Crippen LogP contribution in [0.15, 0.2) is 84.1 Å². The zero-order chi connectivity index (χ0) is 23.5. The maximum absolute atomic E-state index is 13.7. The molecular weight excluding hydrogens is 454 g/mol. The second kappa shape index (κ2) is 8.87. The number of sulfonamides is 1. The minimum Gasteiger partial charge on any atom is -0.492 e. The molecule has 0 amide bonds. The third kappa shape index (κ3) is 3.92. The van der Waals surface area contributed by atoms with Crippen LogP contribution in [0.1, 0.15) is 6.92 Å². The van der Waals surface area contributed by atoms with E-state index in [1.165, 1.54) is 10.7 Å². The number of hydrogen-bond acceptors (Lipinski definition) is 8. The number of fused-ring (bicyclic) bond motifs is 1. The number of aromatic nitrogens is 6. The lowest BCUT2D eigenvalue weighted by atomic mass is 10.2. The smallest absolute Gasteiger partial charge is 0.276 e. The van der Waals surface area contributed by atoms with E-state index in [4.69, 9.17) is 4.74 Å². The van der Waals surface area contributed by atoms with Crippen molar-refractivity contribution in [2.75, 3.05) is 11.4 Å². The summed E-state index contributed by atoms with van der Waals surface area (Å²) in [4.78, 5) is 15.6. The molecule has 0 aliphatic heterocycles. The Morgan fingerprint density at radius 2 is 1.47 bits per heavy atom. The molecule has 34 heavy (non-hydrogen) atoms. The molecule has 11 heteroatoms. The van der Waals surface area contributed by atoms with E-state index in [0.717, 1.165) is 0 Å². The molecule has 0 spiro atoms. The summed E-state index contributed by atoms with van der Waals surface area (Å²) >= 11 is 0. The van der Waals surface area contributed by atoms with Gasteiger partial charge in [-0.1, -0.05) is 12.1 Å². The topological polar surface area (TPSA) is 125 Å². The third-order valence-corrected chi connectivity index (χ3v) is 6.30. The third-order valence-electron chi connectivity index (χ3n) is 4.94. The van der Waals surface area contributed by atoms with Gasteiger partial charge in [0.05, 0.1) is 11.5 Å². The van der Waals surface area contributed by atoms with Gasteiger partial charge in [0.2, 0.25) is 11.6 Å². The molecule has 4 heterocycles. The maximum Gasteiger partial charge on any atom is 0.276 e. The summed E-state index contributed by atoms with van der Waals surface area (Å²) in [6.45, 7) is 2.28. The highest BCUT2D eigenvalue weighted by Crippen LogP contribution is 2.30. The van der Waals surface area contributed by atoms with Crippen molar-refractivity contribution >= 4 is 20.9 Å². The Bertz CT molecular complexity index is 1500. The zero-order valence-corrected chi connectivity index (χ0v) is 18.8. The van der Waals surface area contributed by atoms with Crippen LogP contribution in [0.2, 0.25) is 0 Å². The molecule has 170 valence electrons. The highest BCUT2D eigenvalue weighted by molar-refractivity contribution is 7.92. The van der Waals surface area contributed by atoms with Crippen molar-refractivity contribution in [3.05, 3.63) is 79.3 Å². The van der Waals surface area contributed by atoms with Crippen LogP contribution < -0.4 is 9.57 Å². The van der Waals surface area contributed by atoms with E-state index in [2.05, 4.69) is 30.0 Å². The molecule has 4 aromatic heterocycles. The van der Waals surface area contributed by atoms with E-state index in [-0.39, 0.29) is 16.5 Å². The number of rotatable bonds is 7. The Morgan fingerprint density at radius 1 is 0.824 bits per heavy atom. The first-order valence-electron chi connectivity index (χ1n) is 10.4. The summed E-state index contributed by atoms with van der Waals surface area (Å²) in [5, 5.41) is 8.81. The van der Waals surface area contributed by atoms with Crippen LogP contribution in [0, 0.1) is 0 Å². The van der Waals surface area contributed by atoms with Gasteiger partial charge in [-0.3, -0.25) is 15.0 Å². The second-order valence-electron chi connectivity index (χ2n) is 7.10. The predicted octanol–water partition coefficient (Wildman–Crippen LogP) is 3.28. The number of nitrogens with zero attached hydrogens (tertiary/aromatic N) is 6. The molecule has 0 aliphatic carbocycles. The monoisotopic (exact) mass is 473 g/mol. The first-order chi connectivity index (χ1) is 16.6. The van der Waals surface area contributed by atoms with Gasteiger partial charge in [0.15, 0.2) is 0 Å². The molecule has 10 nitrogen and oxygen atoms in total. The number of hydrogen-bond donors (Lipinski definition) is 1. The fraction of sp³-hybridized carbons (Fsp3) is 0.0870. The summed E-state index contributed by atoms with van der Waals surface area (Å²) in [6, 6.07) is 16.9. The molecule has 0 aliphatic rings. The van der Waals surface area contributed by atoms with E-state index in [9.17, 15) is 8.42 Å². The van der Waals surface area contributed by atoms with Crippen molar-refractivity contribution < 1.29 is 13.2 Å². The molecule has 1 aromatic carbocycles. The van der Waals surface area contributed by atoms with Crippen LogP contribution in [-0.2, 0) is 10.0 Å². The van der Waals surface area contributed by atoms with Crippen LogP contribution in [-0.4, -0.2) is 44.9 Å². The Kier molecular flexibility index (Phi) is 5.60. The van der Waals surface area contributed by atoms with Gasteiger partial charge in [-0.2, -0.15) is 8.42 Å². The van der Waals surface area contributed by atoms with Gasteiger partial charge in [-0.15, -0.1) is 10.2 Å². The van der Waals surface area contributed by atoms with Gasteiger partial charge < -0.3 is 4.74 Å². The zero-order valence-electron chi connectivity index (χ0n) is 18.0. The fourth-order valence-electron chi connectivity index (χ4n) is 3.49. The van der Waals surface area contributed by atoms with Gasteiger partial charge in [-0.25, -0.2) is 9.51 Å². The number of pyridine rings is 3. The van der Waals surface area contributed by atoms with Crippen molar-refractivity contribution in [2.45, 2.75) is 11.8 Å². The Labute approximate surface area is 195 Å². The summed E-state index contributed by atoms with van der Waals surface area (Å²) < 4.78 is 34.2. The van der Waals surface area contributed by atoms with Gasteiger partial charge in [0.25, 0.3) is 10.0 Å². The van der Waals surface area contributed by atoms with Gasteiger partial charge in [0, 0.05) is 24.0 Å². The average Bonchev–Trinajstić information content (AvgIpc) is 3.28. The standard InChI is InChI=1S/C23H19N7O3S/c1-2-33-19-11-12-20(16-8-7-15-26-21(16)19)34(31,32)29-30-22(17-9-3-5-13-24-17)27-28-23(30)18-10-4-6-14-25-18/h3-15,29H,2H2,1H3. The van der Waals surface area contributed by atoms with Crippen LogP contribution in [0.4, 0.5) is 0 Å². The van der Waals surface area contributed by atoms with Crippen molar-refractivity contribution in [1.29, 1.82) is 0 Å². The quantitative estimate of drug-likeness (QED) is 0.382. The van der Waals surface area contributed by atoms with E-state index < -0.39 is 10.0 Å². The molecule has 0 saturated heterocycles. The van der Waals surface area contributed by atoms with Crippen molar-refractivity contribution in [1.82, 2.24) is 29.8 Å². The molecule has 1 N–H and O–H groups in total. The summed E-state index contributed by atoms with van der Waals surface area (Å²) in [7, 11) is -4.12. The molecule has 0 bridgehead atoms. The second-order valence-corrected chi connectivity index (χ2v) is 8.73. The lowest BCUT2D eigenvalue weighted by Gasteiger charge is -2.15. The first kappa shape index (κ1) is 21.5. The highest BCUT2D eigenvalue weighted by atomic mass is 32.2. The molecule has 0 radical (unpaired) electrons. The van der Waals surface area contributed by atoms with Crippen LogP contribution in [0.25, 0.3) is 33.9 Å². The average molecular weight is 474 g/mol. The Balaban J connectivity index is 1.66. The van der Waals surface area contributed by atoms with E-state index in [0.29, 0.717) is 34.6 Å². The largest absolute Gasteiger partial charge is 0.492 e. The minimum atomic E-state index is -4.12.